The van der Waals surface area contributed by atoms with Crippen LogP contribution in [0.2, 0.25) is 0 Å². The topological polar surface area (TPSA) is 66.5 Å². The summed E-state index contributed by atoms with van der Waals surface area (Å²) >= 11 is 0. The van der Waals surface area contributed by atoms with Gasteiger partial charge in [-0.2, -0.15) is 0 Å². The molecule has 0 aliphatic carbocycles. The van der Waals surface area contributed by atoms with E-state index in [1.165, 1.54) is 0 Å². The summed E-state index contributed by atoms with van der Waals surface area (Å²) in [4.78, 5) is 18.7. The summed E-state index contributed by atoms with van der Waals surface area (Å²) in [5.41, 5.74) is 1.07. The van der Waals surface area contributed by atoms with Gasteiger partial charge in [0.05, 0.1) is 12.6 Å². The summed E-state index contributed by atoms with van der Waals surface area (Å²) in [6.07, 6.45) is 3.22. The summed E-state index contributed by atoms with van der Waals surface area (Å²) in [5, 5.41) is 6.55. The predicted molar refractivity (Wildman–Crippen MR) is 74.2 cm³/mol. The average Bonchev–Trinajstić information content (AvgIpc) is 2.56. The molecule has 0 saturated carbocycles. The molecule has 20 heavy (non-hydrogen) atoms. The number of carbonyl (C=O) groups is 1. The molecule has 2 aliphatic heterocycles. The molecule has 0 aromatic carbocycles. The Morgan fingerprint density at radius 3 is 3.00 bits per heavy atom. The smallest absolute Gasteiger partial charge is 0.253 e. The van der Waals surface area contributed by atoms with Crippen LogP contribution in [0.5, 0.6) is 0 Å². The first-order valence-corrected chi connectivity index (χ1v) is 7.10. The van der Waals surface area contributed by atoms with Crippen molar-refractivity contribution in [3.8, 4) is 0 Å². The Bertz CT molecular complexity index is 448. The van der Waals surface area contributed by atoms with Crippen molar-refractivity contribution in [2.45, 2.75) is 12.1 Å². The Kier molecular flexibility index (Phi) is 4.25. The summed E-state index contributed by atoms with van der Waals surface area (Å²) < 4.78 is 5.59. The molecule has 3 rings (SSSR count). The predicted octanol–water partition coefficient (Wildman–Crippen LogP) is -0.457. The molecule has 2 saturated heterocycles. The first-order valence-electron chi connectivity index (χ1n) is 7.10. The number of amides is 1. The van der Waals surface area contributed by atoms with E-state index in [4.69, 9.17) is 4.74 Å². The van der Waals surface area contributed by atoms with Crippen molar-refractivity contribution in [1.29, 1.82) is 0 Å². The van der Waals surface area contributed by atoms with Crippen molar-refractivity contribution in [3.05, 3.63) is 30.1 Å². The van der Waals surface area contributed by atoms with E-state index in [2.05, 4.69) is 15.6 Å². The first-order chi connectivity index (χ1) is 9.86. The van der Waals surface area contributed by atoms with E-state index in [1.54, 1.807) is 6.20 Å². The third kappa shape index (κ3) is 2.82. The Morgan fingerprint density at radius 1 is 1.35 bits per heavy atom. The van der Waals surface area contributed by atoms with E-state index in [0.29, 0.717) is 19.7 Å². The molecule has 1 unspecified atom stereocenters. The molecule has 2 N–H and O–H groups in total. The lowest BCUT2D eigenvalue weighted by molar-refractivity contribution is -0.148. The largest absolute Gasteiger partial charge is 0.366 e. The van der Waals surface area contributed by atoms with Gasteiger partial charge in [0.2, 0.25) is 0 Å². The van der Waals surface area contributed by atoms with Crippen LogP contribution in [0.25, 0.3) is 0 Å². The van der Waals surface area contributed by atoms with Crippen LogP contribution in [0.3, 0.4) is 0 Å². The summed E-state index contributed by atoms with van der Waals surface area (Å²) in [5.74, 6) is 0.0764. The summed E-state index contributed by atoms with van der Waals surface area (Å²) in [6, 6.07) is 3.96. The highest BCUT2D eigenvalue weighted by Crippen LogP contribution is 2.22. The lowest BCUT2D eigenvalue weighted by Crippen LogP contribution is -2.55. The van der Waals surface area contributed by atoms with E-state index in [0.717, 1.165) is 25.2 Å². The lowest BCUT2D eigenvalue weighted by atomic mass is 10.0. The number of ether oxygens (including phenoxy) is 1. The van der Waals surface area contributed by atoms with Gasteiger partial charge in [0.1, 0.15) is 6.10 Å². The molecule has 2 fully saturated rings. The Balaban J connectivity index is 1.76. The van der Waals surface area contributed by atoms with Crippen molar-refractivity contribution in [2.24, 2.45) is 0 Å². The van der Waals surface area contributed by atoms with Crippen molar-refractivity contribution < 1.29 is 9.53 Å². The van der Waals surface area contributed by atoms with E-state index < -0.39 is 0 Å². The van der Waals surface area contributed by atoms with Gasteiger partial charge in [-0.3, -0.25) is 9.78 Å². The number of aromatic nitrogens is 1. The van der Waals surface area contributed by atoms with E-state index in [9.17, 15) is 4.79 Å². The van der Waals surface area contributed by atoms with Gasteiger partial charge in [0, 0.05) is 45.1 Å². The number of morpholine rings is 1. The molecule has 2 aliphatic rings. The molecule has 0 radical (unpaired) electrons. The van der Waals surface area contributed by atoms with Crippen LogP contribution < -0.4 is 10.6 Å². The molecule has 6 nitrogen and oxygen atoms in total. The molecule has 2 atom stereocenters. The first kappa shape index (κ1) is 13.5. The minimum atomic E-state index is -0.360. The number of hydrogen-bond acceptors (Lipinski definition) is 5. The fraction of sp³-hybridized carbons (Fsp3) is 0.571. The fourth-order valence-corrected chi connectivity index (χ4v) is 2.75. The quantitative estimate of drug-likeness (QED) is 0.765. The standard InChI is InChI=1S/C14H20N4O2/c19-14(13-10-17-5-7-20-13)18-6-4-16-9-12(18)11-2-1-3-15-8-11/h1-3,8,12-13,16-17H,4-7,9-10H2/t12?,13-/m1/s1. The minimum absolute atomic E-state index is 0.0375. The SMILES string of the molecule is O=C([C@H]1CNCCO1)N1CCNCC1c1cccnc1. The lowest BCUT2D eigenvalue weighted by Gasteiger charge is -2.39. The minimum Gasteiger partial charge on any atom is -0.366 e. The molecule has 1 aromatic rings. The Hall–Kier alpha value is -1.50. The Labute approximate surface area is 118 Å². The number of pyridine rings is 1. The van der Waals surface area contributed by atoms with Crippen molar-refractivity contribution >= 4 is 5.91 Å². The maximum Gasteiger partial charge on any atom is 0.253 e. The van der Waals surface area contributed by atoms with Crippen molar-refractivity contribution in [2.75, 3.05) is 39.3 Å². The molecule has 0 bridgehead atoms. The summed E-state index contributed by atoms with van der Waals surface area (Å²) in [7, 11) is 0. The van der Waals surface area contributed by atoms with Gasteiger partial charge in [-0.25, -0.2) is 0 Å². The van der Waals surface area contributed by atoms with E-state index in [1.807, 2.05) is 23.2 Å². The zero-order chi connectivity index (χ0) is 13.8. The van der Waals surface area contributed by atoms with Crippen LogP contribution in [0.15, 0.2) is 24.5 Å². The highest BCUT2D eigenvalue weighted by atomic mass is 16.5. The van der Waals surface area contributed by atoms with Crippen molar-refractivity contribution in [3.63, 3.8) is 0 Å². The van der Waals surface area contributed by atoms with E-state index >= 15 is 0 Å². The highest BCUT2D eigenvalue weighted by molar-refractivity contribution is 5.82. The molecule has 108 valence electrons. The average molecular weight is 276 g/mol. The van der Waals surface area contributed by atoms with Gasteiger partial charge < -0.3 is 20.3 Å². The van der Waals surface area contributed by atoms with Crippen LogP contribution >= 0.6 is 0 Å². The van der Waals surface area contributed by atoms with Crippen molar-refractivity contribution in [1.82, 2.24) is 20.5 Å². The van der Waals surface area contributed by atoms with Crippen LogP contribution in [0.4, 0.5) is 0 Å². The van der Waals surface area contributed by atoms with Crippen LogP contribution in [-0.4, -0.2) is 61.2 Å². The molecular weight excluding hydrogens is 256 g/mol. The second-order valence-electron chi connectivity index (χ2n) is 5.10. The maximum atomic E-state index is 12.6. The highest BCUT2D eigenvalue weighted by Gasteiger charge is 2.33. The number of rotatable bonds is 2. The summed E-state index contributed by atoms with van der Waals surface area (Å²) in [6.45, 7) is 4.30. The maximum absolute atomic E-state index is 12.6. The molecule has 1 aromatic heterocycles. The second kappa shape index (κ2) is 6.30. The zero-order valence-corrected chi connectivity index (χ0v) is 11.4. The zero-order valence-electron chi connectivity index (χ0n) is 11.4. The number of hydrogen-bond donors (Lipinski definition) is 2. The fourth-order valence-electron chi connectivity index (χ4n) is 2.75. The monoisotopic (exact) mass is 276 g/mol. The van der Waals surface area contributed by atoms with Gasteiger partial charge >= 0.3 is 0 Å². The number of carbonyl (C=O) groups excluding carboxylic acids is 1. The molecule has 0 spiro atoms. The Morgan fingerprint density at radius 2 is 2.25 bits per heavy atom. The molecule has 6 heteroatoms. The third-order valence-corrected chi connectivity index (χ3v) is 3.80. The van der Waals surface area contributed by atoms with Gasteiger partial charge in [-0.15, -0.1) is 0 Å². The number of nitrogens with zero attached hydrogens (tertiary/aromatic N) is 2. The van der Waals surface area contributed by atoms with Gasteiger partial charge in [0.25, 0.3) is 5.91 Å². The number of nitrogens with one attached hydrogen (secondary N) is 2. The van der Waals surface area contributed by atoms with E-state index in [-0.39, 0.29) is 18.1 Å². The number of piperazine rings is 1. The third-order valence-electron chi connectivity index (χ3n) is 3.80. The van der Waals surface area contributed by atoms with Gasteiger partial charge in [-0.05, 0) is 11.6 Å². The van der Waals surface area contributed by atoms with Crippen LogP contribution in [0, 0.1) is 0 Å². The molecular formula is C14H20N4O2. The van der Waals surface area contributed by atoms with Gasteiger partial charge in [0.15, 0.2) is 0 Å². The normalized spacial score (nSPS) is 27.3. The molecule has 3 heterocycles. The van der Waals surface area contributed by atoms with Crippen LogP contribution in [-0.2, 0) is 9.53 Å². The molecule has 1 amide bonds. The second-order valence-corrected chi connectivity index (χ2v) is 5.10. The van der Waals surface area contributed by atoms with Gasteiger partial charge in [-0.1, -0.05) is 6.07 Å². The van der Waals surface area contributed by atoms with Crippen LogP contribution in [0.1, 0.15) is 11.6 Å².